The summed E-state index contributed by atoms with van der Waals surface area (Å²) in [6.07, 6.45) is 6.85. The van der Waals surface area contributed by atoms with E-state index < -0.39 is 5.41 Å². The first-order valence-electron chi connectivity index (χ1n) is 8.99. The Hall–Kier alpha value is -1.10. The Balaban J connectivity index is 1.51. The van der Waals surface area contributed by atoms with Crippen molar-refractivity contribution >= 4 is 11.8 Å². The van der Waals surface area contributed by atoms with E-state index in [-0.39, 0.29) is 11.3 Å². The summed E-state index contributed by atoms with van der Waals surface area (Å²) >= 11 is 0. The molecule has 23 heavy (non-hydrogen) atoms. The Labute approximate surface area is 139 Å². The van der Waals surface area contributed by atoms with Gasteiger partial charge in [0.05, 0.1) is 17.4 Å². The molecular weight excluding hydrogens is 292 g/mol. The largest absolute Gasteiger partial charge is 0.384 e. The third-order valence-corrected chi connectivity index (χ3v) is 5.58. The van der Waals surface area contributed by atoms with Gasteiger partial charge in [0.25, 0.3) is 0 Å². The molecule has 0 atom stereocenters. The SMILES string of the molecule is COCC(C)(C)C(=O)NCCN(C(=O)C1(C2CC2)CC1)C1CC1. The highest BCUT2D eigenvalue weighted by molar-refractivity contribution is 5.87. The fourth-order valence-electron chi connectivity index (χ4n) is 3.65. The van der Waals surface area contributed by atoms with Gasteiger partial charge in [0.2, 0.25) is 11.8 Å². The van der Waals surface area contributed by atoms with E-state index in [1.54, 1.807) is 7.11 Å². The minimum atomic E-state index is -0.533. The van der Waals surface area contributed by atoms with Crippen molar-refractivity contribution in [1.29, 1.82) is 0 Å². The van der Waals surface area contributed by atoms with E-state index in [0.29, 0.717) is 37.6 Å². The molecule has 0 aliphatic heterocycles. The van der Waals surface area contributed by atoms with E-state index in [1.807, 2.05) is 13.8 Å². The third kappa shape index (κ3) is 3.54. The summed E-state index contributed by atoms with van der Waals surface area (Å²) in [5.41, 5.74) is -0.545. The van der Waals surface area contributed by atoms with E-state index in [1.165, 1.54) is 12.8 Å². The Bertz CT molecular complexity index is 477. The molecule has 2 amide bonds. The smallest absolute Gasteiger partial charge is 0.229 e. The lowest BCUT2D eigenvalue weighted by Crippen LogP contribution is -2.46. The molecule has 0 radical (unpaired) electrons. The number of nitrogens with zero attached hydrogens (tertiary/aromatic N) is 1. The predicted molar refractivity (Wildman–Crippen MR) is 87.8 cm³/mol. The van der Waals surface area contributed by atoms with Crippen molar-refractivity contribution in [3.05, 3.63) is 0 Å². The van der Waals surface area contributed by atoms with Crippen molar-refractivity contribution in [2.45, 2.75) is 58.4 Å². The van der Waals surface area contributed by atoms with Gasteiger partial charge in [0, 0.05) is 26.2 Å². The van der Waals surface area contributed by atoms with E-state index >= 15 is 0 Å². The fraction of sp³-hybridized carbons (Fsp3) is 0.889. The van der Waals surface area contributed by atoms with Crippen molar-refractivity contribution in [3.63, 3.8) is 0 Å². The average Bonchev–Trinajstić information content (AvgIpc) is 3.37. The quantitative estimate of drug-likeness (QED) is 0.706. The van der Waals surface area contributed by atoms with Gasteiger partial charge in [-0.15, -0.1) is 0 Å². The van der Waals surface area contributed by atoms with Crippen LogP contribution in [0, 0.1) is 16.7 Å². The Kier molecular flexibility index (Phi) is 4.43. The van der Waals surface area contributed by atoms with Gasteiger partial charge in [0.15, 0.2) is 0 Å². The van der Waals surface area contributed by atoms with Crippen LogP contribution in [0.1, 0.15) is 52.4 Å². The van der Waals surface area contributed by atoms with Crippen LogP contribution in [0.25, 0.3) is 0 Å². The zero-order valence-electron chi connectivity index (χ0n) is 14.7. The maximum absolute atomic E-state index is 13.0. The first-order chi connectivity index (χ1) is 10.9. The first kappa shape index (κ1) is 16.7. The number of nitrogens with one attached hydrogen (secondary N) is 1. The molecule has 3 fully saturated rings. The van der Waals surface area contributed by atoms with Crippen LogP contribution in [0.15, 0.2) is 0 Å². The van der Waals surface area contributed by atoms with Gasteiger partial charge >= 0.3 is 0 Å². The topological polar surface area (TPSA) is 58.6 Å². The molecular formula is C18H30N2O3. The normalized spacial score (nSPS) is 22.6. The molecule has 0 spiro atoms. The number of methoxy groups -OCH3 is 1. The van der Waals surface area contributed by atoms with Gasteiger partial charge < -0.3 is 15.0 Å². The van der Waals surface area contributed by atoms with E-state index in [9.17, 15) is 9.59 Å². The highest BCUT2D eigenvalue weighted by Gasteiger charge is 2.61. The van der Waals surface area contributed by atoms with Crippen molar-refractivity contribution in [2.75, 3.05) is 26.8 Å². The van der Waals surface area contributed by atoms with Crippen LogP contribution >= 0.6 is 0 Å². The van der Waals surface area contributed by atoms with Crippen LogP contribution < -0.4 is 5.32 Å². The maximum Gasteiger partial charge on any atom is 0.229 e. The summed E-state index contributed by atoms with van der Waals surface area (Å²) in [4.78, 5) is 27.2. The van der Waals surface area contributed by atoms with Gasteiger partial charge in [-0.2, -0.15) is 0 Å². The molecule has 3 saturated carbocycles. The molecule has 1 N–H and O–H groups in total. The zero-order valence-corrected chi connectivity index (χ0v) is 14.7. The molecule has 0 saturated heterocycles. The Morgan fingerprint density at radius 1 is 1.22 bits per heavy atom. The maximum atomic E-state index is 13.0. The van der Waals surface area contributed by atoms with Crippen LogP contribution in [-0.4, -0.2) is 49.6 Å². The second kappa shape index (κ2) is 6.08. The summed E-state index contributed by atoms with van der Waals surface area (Å²) in [6, 6.07) is 0.419. The third-order valence-electron chi connectivity index (χ3n) is 5.58. The molecule has 0 unspecified atom stereocenters. The van der Waals surface area contributed by atoms with Gasteiger partial charge in [-0.25, -0.2) is 0 Å². The van der Waals surface area contributed by atoms with E-state index in [2.05, 4.69) is 10.2 Å². The highest BCUT2D eigenvalue weighted by Crippen LogP contribution is 2.62. The molecule has 5 heteroatoms. The zero-order chi connectivity index (χ0) is 16.7. The first-order valence-corrected chi connectivity index (χ1v) is 8.99. The Morgan fingerprint density at radius 2 is 1.87 bits per heavy atom. The molecule has 0 aromatic carbocycles. The number of hydrogen-bond donors (Lipinski definition) is 1. The highest BCUT2D eigenvalue weighted by atomic mass is 16.5. The van der Waals surface area contributed by atoms with Gasteiger partial charge in [0.1, 0.15) is 0 Å². The number of carbonyl (C=O) groups is 2. The van der Waals surface area contributed by atoms with Crippen molar-refractivity contribution < 1.29 is 14.3 Å². The van der Waals surface area contributed by atoms with E-state index in [4.69, 9.17) is 4.74 Å². The summed E-state index contributed by atoms with van der Waals surface area (Å²) in [5, 5.41) is 2.98. The fourth-order valence-corrected chi connectivity index (χ4v) is 3.65. The predicted octanol–water partition coefficient (Wildman–Crippen LogP) is 1.96. The second-order valence-electron chi connectivity index (χ2n) is 8.23. The van der Waals surface area contributed by atoms with E-state index in [0.717, 1.165) is 25.7 Å². The lowest BCUT2D eigenvalue weighted by molar-refractivity contribution is -0.139. The molecule has 0 bridgehead atoms. The van der Waals surface area contributed by atoms with Crippen LogP contribution in [0.3, 0.4) is 0 Å². The summed E-state index contributed by atoms with van der Waals surface area (Å²) < 4.78 is 5.10. The van der Waals surface area contributed by atoms with Gasteiger partial charge in [-0.3, -0.25) is 9.59 Å². The van der Waals surface area contributed by atoms with Crippen LogP contribution in [0.2, 0.25) is 0 Å². The molecule has 0 heterocycles. The molecule has 130 valence electrons. The molecule has 3 aliphatic carbocycles. The minimum absolute atomic E-state index is 0.00845. The summed E-state index contributed by atoms with van der Waals surface area (Å²) in [5.74, 6) is 1.00. The number of ether oxygens (including phenoxy) is 1. The lowest BCUT2D eigenvalue weighted by Gasteiger charge is -2.29. The monoisotopic (exact) mass is 322 g/mol. The van der Waals surface area contributed by atoms with Gasteiger partial charge in [-0.1, -0.05) is 0 Å². The molecule has 5 nitrogen and oxygen atoms in total. The second-order valence-corrected chi connectivity index (χ2v) is 8.23. The minimum Gasteiger partial charge on any atom is -0.384 e. The summed E-state index contributed by atoms with van der Waals surface area (Å²) in [7, 11) is 1.61. The molecule has 3 aliphatic rings. The van der Waals surface area contributed by atoms with Crippen LogP contribution in [0.4, 0.5) is 0 Å². The Morgan fingerprint density at radius 3 is 2.35 bits per heavy atom. The molecule has 0 aromatic heterocycles. The molecule has 0 aromatic rings. The van der Waals surface area contributed by atoms with Crippen LogP contribution in [0.5, 0.6) is 0 Å². The van der Waals surface area contributed by atoms with Crippen LogP contribution in [-0.2, 0) is 14.3 Å². The number of rotatable bonds is 9. The number of amides is 2. The average molecular weight is 322 g/mol. The number of hydrogen-bond acceptors (Lipinski definition) is 3. The number of carbonyl (C=O) groups excluding carboxylic acids is 2. The van der Waals surface area contributed by atoms with Crippen molar-refractivity contribution in [1.82, 2.24) is 10.2 Å². The summed E-state index contributed by atoms with van der Waals surface area (Å²) in [6.45, 7) is 5.33. The van der Waals surface area contributed by atoms with Gasteiger partial charge in [-0.05, 0) is 58.3 Å². The van der Waals surface area contributed by atoms with Crippen molar-refractivity contribution in [2.24, 2.45) is 16.7 Å². The molecule has 3 rings (SSSR count). The lowest BCUT2D eigenvalue weighted by atomic mass is 9.93. The van der Waals surface area contributed by atoms with Crippen molar-refractivity contribution in [3.8, 4) is 0 Å². The standard InChI is InChI=1S/C18H30N2O3/c1-17(2,12-23-3)15(21)19-10-11-20(14-6-7-14)16(22)18(8-9-18)13-4-5-13/h13-14H,4-12H2,1-3H3,(H,19,21).